The SMILES string of the molecule is O=S(=O)(O)CCCN1C(=Cc2sc3ccccc3[n+]2CCCSOOO)Sc2ccccc21. The van der Waals surface area contributed by atoms with Gasteiger partial charge in [-0.05, 0) is 24.6 Å². The van der Waals surface area contributed by atoms with Gasteiger partial charge in [0.05, 0.1) is 22.5 Å². The second-order valence-corrected chi connectivity index (χ2v) is 11.7. The molecule has 2 N–H and O–H groups in total. The molecule has 33 heavy (non-hydrogen) atoms. The van der Waals surface area contributed by atoms with Crippen LogP contribution in [0.4, 0.5) is 5.69 Å². The summed E-state index contributed by atoms with van der Waals surface area (Å²) in [6.07, 6.45) is 3.27. The predicted octanol–water partition coefficient (Wildman–Crippen LogP) is 4.84. The van der Waals surface area contributed by atoms with Crippen molar-refractivity contribution in [2.45, 2.75) is 24.3 Å². The second kappa shape index (κ2) is 11.2. The molecule has 2 heterocycles. The summed E-state index contributed by atoms with van der Waals surface area (Å²) in [5.41, 5.74) is 2.17. The minimum atomic E-state index is -4.00. The third kappa shape index (κ3) is 6.28. The molecule has 8 nitrogen and oxygen atoms in total. The van der Waals surface area contributed by atoms with Crippen molar-refractivity contribution in [2.75, 3.05) is 23.0 Å². The number of hydrogen-bond donors (Lipinski definition) is 2. The number of benzene rings is 2. The van der Waals surface area contributed by atoms with Crippen molar-refractivity contribution in [2.24, 2.45) is 0 Å². The Morgan fingerprint density at radius 1 is 1.12 bits per heavy atom. The number of aryl methyl sites for hydroxylation is 1. The lowest BCUT2D eigenvalue weighted by Gasteiger charge is -2.19. The Balaban J connectivity index is 1.63. The number of aromatic nitrogens is 1. The lowest BCUT2D eigenvalue weighted by Crippen LogP contribution is -2.35. The first-order valence-corrected chi connectivity index (χ1v) is 14.3. The molecule has 0 amide bonds. The van der Waals surface area contributed by atoms with E-state index in [4.69, 9.17) is 9.81 Å². The highest BCUT2D eigenvalue weighted by atomic mass is 32.2. The molecule has 0 atom stereocenters. The molecule has 1 aliphatic rings. The fourth-order valence-corrected chi connectivity index (χ4v) is 6.81. The number of hydrogen-bond acceptors (Lipinski definition) is 9. The summed E-state index contributed by atoms with van der Waals surface area (Å²) in [6.45, 7) is 1.24. The lowest BCUT2D eigenvalue weighted by molar-refractivity contribution is -0.668. The molecule has 3 aromatic rings. The average Bonchev–Trinajstić information content (AvgIpc) is 3.31. The van der Waals surface area contributed by atoms with Crippen molar-refractivity contribution in [3.63, 3.8) is 0 Å². The van der Waals surface area contributed by atoms with Gasteiger partial charge in [0, 0.05) is 41.7 Å². The van der Waals surface area contributed by atoms with Crippen LogP contribution < -0.4 is 9.47 Å². The summed E-state index contributed by atoms with van der Waals surface area (Å²) in [7, 11) is -4.00. The van der Waals surface area contributed by atoms with Crippen LogP contribution in [0.5, 0.6) is 0 Å². The van der Waals surface area contributed by atoms with E-state index >= 15 is 0 Å². The first-order chi connectivity index (χ1) is 16.0. The van der Waals surface area contributed by atoms with Gasteiger partial charge in [-0.3, -0.25) is 4.55 Å². The van der Waals surface area contributed by atoms with Gasteiger partial charge in [-0.2, -0.15) is 13.0 Å². The van der Waals surface area contributed by atoms with Crippen LogP contribution in [-0.2, 0) is 26.0 Å². The Morgan fingerprint density at radius 2 is 1.91 bits per heavy atom. The maximum atomic E-state index is 11.2. The molecule has 12 heteroatoms. The van der Waals surface area contributed by atoms with Crippen LogP contribution in [0.2, 0.25) is 0 Å². The lowest BCUT2D eigenvalue weighted by atomic mass is 10.3. The number of fused-ring (bicyclic) bond motifs is 2. The molecule has 4 rings (SSSR count). The molecule has 0 saturated heterocycles. The topological polar surface area (TPSA) is 100 Å². The van der Waals surface area contributed by atoms with Crippen LogP contribution >= 0.6 is 35.1 Å². The largest absolute Gasteiger partial charge is 0.335 e. The van der Waals surface area contributed by atoms with E-state index in [0.717, 1.165) is 51.1 Å². The smallest absolute Gasteiger partial charge is 0.265 e. The second-order valence-electron chi connectivity index (χ2n) is 7.22. The third-order valence-corrected chi connectivity index (χ3v) is 8.63. The maximum absolute atomic E-state index is 11.2. The Bertz CT molecular complexity index is 1240. The van der Waals surface area contributed by atoms with Gasteiger partial charge in [-0.25, -0.2) is 5.26 Å². The van der Waals surface area contributed by atoms with Crippen LogP contribution in [0, 0.1) is 0 Å². The highest BCUT2D eigenvalue weighted by Crippen LogP contribution is 2.46. The van der Waals surface area contributed by atoms with Gasteiger partial charge in [0.1, 0.15) is 4.70 Å². The molecule has 0 bridgehead atoms. The zero-order valence-electron chi connectivity index (χ0n) is 17.5. The molecule has 0 fully saturated rings. The number of rotatable bonds is 11. The Labute approximate surface area is 204 Å². The van der Waals surface area contributed by atoms with E-state index in [1.165, 1.54) is 4.70 Å². The predicted molar refractivity (Wildman–Crippen MR) is 133 cm³/mol. The normalized spacial score (nSPS) is 15.0. The molecule has 0 saturated carbocycles. The first kappa shape index (κ1) is 24.5. The zero-order valence-corrected chi connectivity index (χ0v) is 20.8. The van der Waals surface area contributed by atoms with Crippen molar-refractivity contribution < 1.29 is 32.2 Å². The van der Waals surface area contributed by atoms with Gasteiger partial charge in [0.15, 0.2) is 6.54 Å². The summed E-state index contributed by atoms with van der Waals surface area (Å²) in [5, 5.41) is 14.0. The highest BCUT2D eigenvalue weighted by Gasteiger charge is 2.27. The quantitative estimate of drug-likeness (QED) is 0.0906. The molecule has 0 radical (unpaired) electrons. The van der Waals surface area contributed by atoms with E-state index in [0.29, 0.717) is 18.7 Å². The van der Waals surface area contributed by atoms with Crippen molar-refractivity contribution >= 4 is 67.2 Å². The average molecular weight is 528 g/mol. The van der Waals surface area contributed by atoms with Gasteiger partial charge in [-0.1, -0.05) is 52.4 Å². The number of nitrogens with zero attached hydrogens (tertiary/aromatic N) is 2. The summed E-state index contributed by atoms with van der Waals surface area (Å²) in [6, 6.07) is 16.2. The summed E-state index contributed by atoms with van der Waals surface area (Å²) in [5.74, 6) is 0.374. The Morgan fingerprint density at radius 3 is 2.73 bits per heavy atom. The van der Waals surface area contributed by atoms with Gasteiger partial charge in [0.2, 0.25) is 5.52 Å². The van der Waals surface area contributed by atoms with Crippen LogP contribution in [0.15, 0.2) is 58.5 Å². The van der Waals surface area contributed by atoms with Crippen LogP contribution in [0.3, 0.4) is 0 Å². The zero-order chi connectivity index (χ0) is 23.3. The van der Waals surface area contributed by atoms with Gasteiger partial charge >= 0.3 is 0 Å². The van der Waals surface area contributed by atoms with Crippen LogP contribution in [0.1, 0.15) is 17.8 Å². The minimum Gasteiger partial charge on any atom is -0.335 e. The Kier molecular flexibility index (Phi) is 8.30. The summed E-state index contributed by atoms with van der Waals surface area (Å²) in [4.78, 5) is 3.23. The van der Waals surface area contributed by atoms with Crippen molar-refractivity contribution in [3.05, 3.63) is 58.6 Å². The van der Waals surface area contributed by atoms with E-state index in [1.807, 2.05) is 30.3 Å². The van der Waals surface area contributed by atoms with Gasteiger partial charge < -0.3 is 4.90 Å². The summed E-state index contributed by atoms with van der Waals surface area (Å²) < 4.78 is 39.5. The maximum Gasteiger partial charge on any atom is 0.265 e. The number of anilines is 1. The fourth-order valence-electron chi connectivity index (χ4n) is 3.63. The molecule has 0 spiro atoms. The van der Waals surface area contributed by atoms with Crippen LogP contribution in [0.25, 0.3) is 16.3 Å². The van der Waals surface area contributed by atoms with E-state index in [9.17, 15) is 8.42 Å². The molecule has 1 aromatic heterocycles. The molecule has 0 aliphatic carbocycles. The number of para-hydroxylation sites is 2. The van der Waals surface area contributed by atoms with E-state index < -0.39 is 10.1 Å². The fraction of sp³-hybridized carbons (Fsp3) is 0.286. The number of thioether (sulfide) groups is 1. The minimum absolute atomic E-state index is 0.274. The van der Waals surface area contributed by atoms with E-state index in [2.05, 4.69) is 43.1 Å². The van der Waals surface area contributed by atoms with Gasteiger partial charge in [0.25, 0.3) is 15.1 Å². The third-order valence-electron chi connectivity index (χ3n) is 4.99. The highest BCUT2D eigenvalue weighted by molar-refractivity contribution is 8.04. The van der Waals surface area contributed by atoms with Crippen molar-refractivity contribution in [1.29, 1.82) is 0 Å². The van der Waals surface area contributed by atoms with Crippen molar-refractivity contribution in [3.8, 4) is 0 Å². The molecule has 176 valence electrons. The standard InChI is InChI=1S/C21H22N2O6S4/c24-28-29-30-13-5-11-22-16-7-1-3-9-18(16)31-20(22)15-21-23(12-6-14-33(25,26)27)17-8-2-4-10-19(17)32-21/h1-4,7-10,15H,5-6,11-14H2,(H-,24,25,26,27)/p+1. The molecular weight excluding hydrogens is 505 g/mol. The van der Waals surface area contributed by atoms with Gasteiger partial charge in [-0.15, -0.1) is 4.33 Å². The molecule has 0 unspecified atom stereocenters. The molecular formula is C21H23N2O6S4+. The molecule has 1 aliphatic heterocycles. The first-order valence-electron chi connectivity index (χ1n) is 10.2. The van der Waals surface area contributed by atoms with E-state index in [-0.39, 0.29) is 5.75 Å². The van der Waals surface area contributed by atoms with E-state index in [1.54, 1.807) is 23.1 Å². The summed E-state index contributed by atoms with van der Waals surface area (Å²) >= 11 is 4.39. The molecule has 2 aromatic carbocycles. The van der Waals surface area contributed by atoms with Crippen molar-refractivity contribution in [1.82, 2.24) is 0 Å². The number of thiazole rings is 1. The Hall–Kier alpha value is -1.64. The van der Waals surface area contributed by atoms with Crippen LogP contribution in [-0.4, -0.2) is 36.3 Å². The monoisotopic (exact) mass is 527 g/mol.